The summed E-state index contributed by atoms with van der Waals surface area (Å²) < 4.78 is 0. The van der Waals surface area contributed by atoms with E-state index < -0.39 is 0 Å². The van der Waals surface area contributed by atoms with Crippen molar-refractivity contribution in [3.05, 3.63) is 5.92 Å². The largest absolute Gasteiger partial charge is 0.0648 e. The van der Waals surface area contributed by atoms with Crippen LogP contribution >= 0.6 is 0 Å². The van der Waals surface area contributed by atoms with E-state index in [4.69, 9.17) is 0 Å². The van der Waals surface area contributed by atoms with E-state index in [9.17, 15) is 0 Å². The third-order valence-electron chi connectivity index (χ3n) is 3.09. The van der Waals surface area contributed by atoms with Gasteiger partial charge in [-0.1, -0.05) is 33.6 Å². The van der Waals surface area contributed by atoms with Crippen molar-refractivity contribution in [1.29, 1.82) is 0 Å². The van der Waals surface area contributed by atoms with Crippen LogP contribution in [0.1, 0.15) is 46.5 Å². The highest BCUT2D eigenvalue weighted by molar-refractivity contribution is 5.05. The minimum atomic E-state index is 0.611. The molecule has 0 heterocycles. The first-order valence-electron chi connectivity index (χ1n) is 4.02. The second-order valence-corrected chi connectivity index (χ2v) is 3.55. The maximum absolute atomic E-state index is 2.40. The zero-order valence-electron chi connectivity index (χ0n) is 6.83. The summed E-state index contributed by atoms with van der Waals surface area (Å²) in [4.78, 5) is 0. The van der Waals surface area contributed by atoms with Gasteiger partial charge in [-0.05, 0) is 24.2 Å². The quantitative estimate of drug-likeness (QED) is 0.505. The average molecular weight is 125 g/mol. The van der Waals surface area contributed by atoms with Crippen LogP contribution in [0.4, 0.5) is 0 Å². The van der Waals surface area contributed by atoms with Crippen molar-refractivity contribution in [2.75, 3.05) is 0 Å². The lowest BCUT2D eigenvalue weighted by Crippen LogP contribution is -2.15. The molecule has 0 aromatic heterocycles. The van der Waals surface area contributed by atoms with Crippen molar-refractivity contribution in [2.45, 2.75) is 46.5 Å². The number of hydrogen-bond donors (Lipinski definition) is 0. The van der Waals surface area contributed by atoms with Gasteiger partial charge in [0.25, 0.3) is 0 Å². The molecule has 9 heavy (non-hydrogen) atoms. The molecule has 1 saturated carbocycles. The van der Waals surface area contributed by atoms with Crippen LogP contribution in [0.25, 0.3) is 0 Å². The summed E-state index contributed by atoms with van der Waals surface area (Å²) in [5.74, 6) is 1.73. The molecule has 0 saturated heterocycles. The van der Waals surface area contributed by atoms with Gasteiger partial charge in [0.1, 0.15) is 0 Å². The predicted molar refractivity (Wildman–Crippen MR) is 41.2 cm³/mol. The van der Waals surface area contributed by atoms with Crippen molar-refractivity contribution in [3.63, 3.8) is 0 Å². The van der Waals surface area contributed by atoms with Crippen LogP contribution in [0.15, 0.2) is 0 Å². The van der Waals surface area contributed by atoms with Crippen molar-refractivity contribution < 1.29 is 0 Å². The van der Waals surface area contributed by atoms with Gasteiger partial charge in [0.15, 0.2) is 0 Å². The molecular weight excluding hydrogens is 108 g/mol. The topological polar surface area (TPSA) is 0 Å². The molecule has 0 spiro atoms. The molecule has 1 atom stereocenters. The Hall–Kier alpha value is 0. The van der Waals surface area contributed by atoms with E-state index in [0.717, 1.165) is 0 Å². The van der Waals surface area contributed by atoms with Crippen LogP contribution in [0.3, 0.4) is 0 Å². The fourth-order valence-electron chi connectivity index (χ4n) is 1.74. The van der Waals surface area contributed by atoms with Gasteiger partial charge in [0, 0.05) is 0 Å². The van der Waals surface area contributed by atoms with Gasteiger partial charge in [-0.15, -0.1) is 0 Å². The summed E-state index contributed by atoms with van der Waals surface area (Å²) in [5, 5.41) is 0. The summed E-state index contributed by atoms with van der Waals surface area (Å²) in [6.07, 6.45) is 5.56. The molecule has 0 amide bonds. The molecule has 1 unspecified atom stereocenters. The SMILES string of the molecule is CCC1(C)CCC[C]1C. The molecule has 0 aromatic rings. The van der Waals surface area contributed by atoms with Gasteiger partial charge in [-0.25, -0.2) is 0 Å². The maximum Gasteiger partial charge on any atom is -0.0213 e. The Morgan fingerprint density at radius 1 is 1.56 bits per heavy atom. The molecule has 0 N–H and O–H groups in total. The molecule has 0 bridgehead atoms. The lowest BCUT2D eigenvalue weighted by atomic mass is 9.79. The standard InChI is InChI=1S/C9H17/c1-4-9(3)7-5-6-8(9)2/h4-7H2,1-3H3. The van der Waals surface area contributed by atoms with Gasteiger partial charge < -0.3 is 0 Å². The molecule has 53 valence electrons. The highest BCUT2D eigenvalue weighted by Gasteiger charge is 2.33. The lowest BCUT2D eigenvalue weighted by molar-refractivity contribution is 0.354. The molecule has 0 heteroatoms. The van der Waals surface area contributed by atoms with E-state index in [1.54, 1.807) is 5.92 Å². The molecule has 1 fully saturated rings. The zero-order valence-corrected chi connectivity index (χ0v) is 6.83. The molecule has 1 aliphatic rings. The van der Waals surface area contributed by atoms with Crippen molar-refractivity contribution >= 4 is 0 Å². The van der Waals surface area contributed by atoms with Crippen LogP contribution in [-0.4, -0.2) is 0 Å². The van der Waals surface area contributed by atoms with Gasteiger partial charge in [-0.3, -0.25) is 0 Å². The zero-order chi connectivity index (χ0) is 6.91. The average Bonchev–Trinajstić information content (AvgIpc) is 2.15. The molecule has 1 radical (unpaired) electrons. The third-order valence-corrected chi connectivity index (χ3v) is 3.09. The molecule has 0 nitrogen and oxygen atoms in total. The highest BCUT2D eigenvalue weighted by atomic mass is 14.4. The van der Waals surface area contributed by atoms with Crippen LogP contribution in [-0.2, 0) is 0 Å². The molecule has 1 aliphatic carbocycles. The van der Waals surface area contributed by atoms with Crippen LogP contribution < -0.4 is 0 Å². The second kappa shape index (κ2) is 2.32. The molecule has 0 aromatic carbocycles. The Bertz CT molecular complexity index is 96.2. The van der Waals surface area contributed by atoms with Crippen molar-refractivity contribution in [1.82, 2.24) is 0 Å². The normalized spacial score (nSPS) is 37.7. The van der Waals surface area contributed by atoms with Crippen molar-refractivity contribution in [3.8, 4) is 0 Å². The Morgan fingerprint density at radius 3 is 2.44 bits per heavy atom. The molecule has 1 rings (SSSR count). The smallest absolute Gasteiger partial charge is 0.0213 e. The van der Waals surface area contributed by atoms with E-state index in [1.165, 1.54) is 25.7 Å². The second-order valence-electron chi connectivity index (χ2n) is 3.55. The monoisotopic (exact) mass is 125 g/mol. The van der Waals surface area contributed by atoms with E-state index in [-0.39, 0.29) is 0 Å². The Balaban J connectivity index is 2.56. The lowest BCUT2D eigenvalue weighted by Gasteiger charge is -2.26. The van der Waals surface area contributed by atoms with Gasteiger partial charge in [0.05, 0.1) is 0 Å². The fraction of sp³-hybridized carbons (Fsp3) is 0.889. The van der Waals surface area contributed by atoms with E-state index in [2.05, 4.69) is 20.8 Å². The Morgan fingerprint density at radius 2 is 2.22 bits per heavy atom. The van der Waals surface area contributed by atoms with Crippen LogP contribution in [0.2, 0.25) is 0 Å². The first-order chi connectivity index (χ1) is 4.19. The summed E-state index contributed by atoms with van der Waals surface area (Å²) in [6, 6.07) is 0. The van der Waals surface area contributed by atoms with Gasteiger partial charge in [-0.2, -0.15) is 0 Å². The van der Waals surface area contributed by atoms with Crippen LogP contribution in [0, 0.1) is 11.3 Å². The molecular formula is C9H17. The summed E-state index contributed by atoms with van der Waals surface area (Å²) in [6.45, 7) is 7.01. The maximum atomic E-state index is 2.40. The minimum Gasteiger partial charge on any atom is -0.0648 e. The first kappa shape index (κ1) is 7.11. The summed E-state index contributed by atoms with van der Waals surface area (Å²) in [5.41, 5.74) is 0.611. The van der Waals surface area contributed by atoms with Crippen LogP contribution in [0.5, 0.6) is 0 Å². The summed E-state index contributed by atoms with van der Waals surface area (Å²) in [7, 11) is 0. The van der Waals surface area contributed by atoms with E-state index in [0.29, 0.717) is 5.41 Å². The van der Waals surface area contributed by atoms with Gasteiger partial charge >= 0.3 is 0 Å². The van der Waals surface area contributed by atoms with E-state index in [1.807, 2.05) is 0 Å². The van der Waals surface area contributed by atoms with E-state index >= 15 is 0 Å². The Labute approximate surface area is 58.7 Å². The predicted octanol–water partition coefficient (Wildman–Crippen LogP) is 3.18. The highest BCUT2D eigenvalue weighted by Crippen LogP contribution is 2.46. The van der Waals surface area contributed by atoms with Gasteiger partial charge in [0.2, 0.25) is 0 Å². The molecule has 0 aliphatic heterocycles. The number of hydrogen-bond acceptors (Lipinski definition) is 0. The number of rotatable bonds is 1. The third kappa shape index (κ3) is 1.12. The Kier molecular flexibility index (Phi) is 1.83. The van der Waals surface area contributed by atoms with Crippen molar-refractivity contribution in [2.24, 2.45) is 5.41 Å². The fourth-order valence-corrected chi connectivity index (χ4v) is 1.74. The first-order valence-corrected chi connectivity index (χ1v) is 4.02. The summed E-state index contributed by atoms with van der Waals surface area (Å²) >= 11 is 0. The minimum absolute atomic E-state index is 0.611.